The van der Waals surface area contributed by atoms with Crippen LogP contribution in [0.5, 0.6) is 0 Å². The van der Waals surface area contributed by atoms with Gasteiger partial charge in [-0.2, -0.15) is 0 Å². The van der Waals surface area contributed by atoms with E-state index in [1.54, 1.807) is 18.9 Å². The van der Waals surface area contributed by atoms with Crippen LogP contribution in [0.3, 0.4) is 0 Å². The normalized spacial score (nSPS) is 11.8. The molecule has 0 aliphatic heterocycles. The van der Waals surface area contributed by atoms with Gasteiger partial charge in [0.1, 0.15) is 0 Å². The number of nitrogens with one attached hydrogen (secondary N) is 3. The molecule has 3 N–H and O–H groups in total. The van der Waals surface area contributed by atoms with Gasteiger partial charge in [0, 0.05) is 12.7 Å². The molecule has 0 saturated heterocycles. The van der Waals surface area contributed by atoms with Gasteiger partial charge in [-0.25, -0.2) is 4.79 Å². The molecular formula is C17H26N4O3. The number of amides is 4. The summed E-state index contributed by atoms with van der Waals surface area (Å²) in [7, 11) is 3.08. The number of benzene rings is 1. The Hall–Kier alpha value is -2.41. The van der Waals surface area contributed by atoms with Crippen molar-refractivity contribution < 1.29 is 14.4 Å². The minimum atomic E-state index is -0.617. The first-order chi connectivity index (χ1) is 11.1. The second-order valence-electron chi connectivity index (χ2n) is 5.98. The van der Waals surface area contributed by atoms with Crippen molar-refractivity contribution >= 4 is 23.5 Å². The van der Waals surface area contributed by atoms with Crippen LogP contribution in [0.25, 0.3) is 0 Å². The summed E-state index contributed by atoms with van der Waals surface area (Å²) in [5.41, 5.74) is 3.92. The maximum Gasteiger partial charge on any atom is 0.321 e. The number of nitrogens with zero attached hydrogens (tertiary/aromatic N) is 1. The van der Waals surface area contributed by atoms with E-state index in [0.29, 0.717) is 0 Å². The second-order valence-corrected chi connectivity index (χ2v) is 5.98. The van der Waals surface area contributed by atoms with Crippen LogP contribution in [0.1, 0.15) is 23.6 Å². The lowest BCUT2D eigenvalue weighted by atomic mass is 10.1. The van der Waals surface area contributed by atoms with E-state index >= 15 is 0 Å². The molecule has 0 spiro atoms. The monoisotopic (exact) mass is 334 g/mol. The van der Waals surface area contributed by atoms with Crippen molar-refractivity contribution in [1.82, 2.24) is 15.5 Å². The van der Waals surface area contributed by atoms with Gasteiger partial charge in [-0.1, -0.05) is 17.7 Å². The number of likely N-dealkylation sites (N-methyl/N-ethyl adjacent to an activating group) is 1. The van der Waals surface area contributed by atoms with E-state index in [2.05, 4.69) is 16.0 Å². The van der Waals surface area contributed by atoms with Gasteiger partial charge in [-0.3, -0.25) is 19.8 Å². The van der Waals surface area contributed by atoms with Crippen molar-refractivity contribution in [3.8, 4) is 0 Å². The van der Waals surface area contributed by atoms with Crippen LogP contribution in [-0.2, 0) is 9.59 Å². The molecule has 132 valence electrons. The standard InChI is InChI=1S/C17H26N4O3/c1-10-7-11(2)15(12(3)8-10)19-14(22)9-21(6)13(4)16(23)20-17(24)18-5/h7-8,13H,9H2,1-6H3,(H,19,22)(H2,18,20,23,24)/t13-/m0/s1. The van der Waals surface area contributed by atoms with Crippen molar-refractivity contribution in [1.29, 1.82) is 0 Å². The summed E-state index contributed by atoms with van der Waals surface area (Å²) in [6, 6.07) is 2.82. The summed E-state index contributed by atoms with van der Waals surface area (Å²) in [5, 5.41) is 7.40. The molecule has 0 heterocycles. The lowest BCUT2D eigenvalue weighted by Crippen LogP contribution is -2.49. The first-order valence-electron chi connectivity index (χ1n) is 7.76. The summed E-state index contributed by atoms with van der Waals surface area (Å²) in [5.74, 6) is -0.681. The second kappa shape index (κ2) is 8.44. The fourth-order valence-electron chi connectivity index (χ4n) is 2.40. The maximum atomic E-state index is 12.3. The number of hydrogen-bond acceptors (Lipinski definition) is 4. The molecule has 0 fully saturated rings. The molecule has 0 aliphatic carbocycles. The molecule has 0 aromatic heterocycles. The fourth-order valence-corrected chi connectivity index (χ4v) is 2.40. The van der Waals surface area contributed by atoms with E-state index in [1.807, 2.05) is 32.9 Å². The molecule has 0 unspecified atom stereocenters. The van der Waals surface area contributed by atoms with Crippen molar-refractivity contribution in [3.05, 3.63) is 28.8 Å². The summed E-state index contributed by atoms with van der Waals surface area (Å²) in [4.78, 5) is 36.9. The van der Waals surface area contributed by atoms with Gasteiger partial charge in [-0.05, 0) is 45.9 Å². The summed E-state index contributed by atoms with van der Waals surface area (Å²) < 4.78 is 0. The summed E-state index contributed by atoms with van der Waals surface area (Å²) in [6.45, 7) is 7.56. The first-order valence-corrected chi connectivity index (χ1v) is 7.76. The van der Waals surface area contributed by atoms with E-state index in [-0.39, 0.29) is 12.5 Å². The first kappa shape index (κ1) is 19.6. The maximum absolute atomic E-state index is 12.3. The van der Waals surface area contributed by atoms with E-state index in [4.69, 9.17) is 0 Å². The van der Waals surface area contributed by atoms with Crippen molar-refractivity contribution in [2.45, 2.75) is 33.7 Å². The fraction of sp³-hybridized carbons (Fsp3) is 0.471. The van der Waals surface area contributed by atoms with Crippen LogP contribution >= 0.6 is 0 Å². The van der Waals surface area contributed by atoms with Gasteiger partial charge < -0.3 is 10.6 Å². The highest BCUT2D eigenvalue weighted by molar-refractivity contribution is 5.97. The quantitative estimate of drug-likeness (QED) is 0.757. The lowest BCUT2D eigenvalue weighted by molar-refractivity contribution is -0.125. The van der Waals surface area contributed by atoms with Crippen molar-refractivity contribution in [2.75, 3.05) is 26.0 Å². The van der Waals surface area contributed by atoms with Crippen molar-refractivity contribution in [2.24, 2.45) is 0 Å². The predicted molar refractivity (Wildman–Crippen MR) is 94.0 cm³/mol. The number of aryl methyl sites for hydroxylation is 3. The highest BCUT2D eigenvalue weighted by Gasteiger charge is 2.21. The van der Waals surface area contributed by atoms with Gasteiger partial charge in [0.2, 0.25) is 11.8 Å². The number of carbonyl (C=O) groups excluding carboxylic acids is 3. The van der Waals surface area contributed by atoms with Gasteiger partial charge in [0.15, 0.2) is 0 Å². The predicted octanol–water partition coefficient (Wildman–Crippen LogP) is 1.33. The zero-order valence-corrected chi connectivity index (χ0v) is 15.1. The van der Waals surface area contributed by atoms with Crippen LogP contribution in [0.4, 0.5) is 10.5 Å². The zero-order chi connectivity index (χ0) is 18.4. The Morgan fingerprint density at radius 1 is 1.12 bits per heavy atom. The van der Waals surface area contributed by atoms with E-state index in [0.717, 1.165) is 22.4 Å². The van der Waals surface area contributed by atoms with Gasteiger partial charge >= 0.3 is 6.03 Å². The lowest BCUT2D eigenvalue weighted by Gasteiger charge is -2.23. The Kier molecular flexibility index (Phi) is 6.91. The number of anilines is 1. The molecule has 1 rings (SSSR count). The molecule has 7 heteroatoms. The molecule has 0 aliphatic rings. The number of rotatable bonds is 5. The van der Waals surface area contributed by atoms with E-state index < -0.39 is 18.0 Å². The average Bonchev–Trinajstić information content (AvgIpc) is 2.49. The Balaban J connectivity index is 2.68. The molecular weight excluding hydrogens is 308 g/mol. The molecule has 0 radical (unpaired) electrons. The third kappa shape index (κ3) is 5.34. The third-order valence-corrected chi connectivity index (χ3v) is 3.84. The molecule has 24 heavy (non-hydrogen) atoms. The van der Waals surface area contributed by atoms with Crippen molar-refractivity contribution in [3.63, 3.8) is 0 Å². The minimum Gasteiger partial charge on any atom is -0.341 e. The number of urea groups is 1. The topological polar surface area (TPSA) is 90.5 Å². The van der Waals surface area contributed by atoms with Crippen LogP contribution in [0.15, 0.2) is 12.1 Å². The highest BCUT2D eigenvalue weighted by Crippen LogP contribution is 2.21. The molecule has 4 amide bonds. The molecule has 1 aromatic rings. The van der Waals surface area contributed by atoms with Crippen LogP contribution < -0.4 is 16.0 Å². The number of carbonyl (C=O) groups is 3. The minimum absolute atomic E-state index is 0.0368. The van der Waals surface area contributed by atoms with E-state index in [9.17, 15) is 14.4 Å². The van der Waals surface area contributed by atoms with Crippen LogP contribution in [0.2, 0.25) is 0 Å². The molecule has 1 atom stereocenters. The number of imide groups is 1. The summed E-state index contributed by atoms with van der Waals surface area (Å²) in [6.07, 6.45) is 0. The smallest absolute Gasteiger partial charge is 0.321 e. The average molecular weight is 334 g/mol. The largest absolute Gasteiger partial charge is 0.341 e. The molecule has 1 aromatic carbocycles. The Bertz CT molecular complexity index is 620. The highest BCUT2D eigenvalue weighted by atomic mass is 16.2. The van der Waals surface area contributed by atoms with E-state index in [1.165, 1.54) is 7.05 Å². The molecule has 7 nitrogen and oxygen atoms in total. The SMILES string of the molecule is CNC(=O)NC(=O)[C@H](C)N(C)CC(=O)Nc1c(C)cc(C)cc1C. The third-order valence-electron chi connectivity index (χ3n) is 3.84. The Labute approximate surface area is 142 Å². The van der Waals surface area contributed by atoms with Gasteiger partial charge in [0.05, 0.1) is 12.6 Å². The van der Waals surface area contributed by atoms with Gasteiger partial charge in [-0.15, -0.1) is 0 Å². The Morgan fingerprint density at radius 3 is 2.17 bits per heavy atom. The zero-order valence-electron chi connectivity index (χ0n) is 15.1. The van der Waals surface area contributed by atoms with Gasteiger partial charge in [0.25, 0.3) is 0 Å². The molecule has 0 bridgehead atoms. The number of hydrogen-bond donors (Lipinski definition) is 3. The summed E-state index contributed by atoms with van der Waals surface area (Å²) >= 11 is 0. The Morgan fingerprint density at radius 2 is 1.67 bits per heavy atom. The molecule has 0 saturated carbocycles. The van der Waals surface area contributed by atoms with Crippen LogP contribution in [-0.4, -0.2) is 49.4 Å². The van der Waals surface area contributed by atoms with Crippen LogP contribution in [0, 0.1) is 20.8 Å².